The van der Waals surface area contributed by atoms with Crippen LogP contribution in [0.2, 0.25) is 0 Å². The van der Waals surface area contributed by atoms with Gasteiger partial charge < -0.3 is 19.9 Å². The molecule has 4 aromatic rings. The van der Waals surface area contributed by atoms with E-state index in [1.165, 1.54) is 18.2 Å². The highest BCUT2D eigenvalue weighted by molar-refractivity contribution is 5.73. The Balaban J connectivity index is 1.40. The molecule has 3 aromatic carbocycles. The van der Waals surface area contributed by atoms with Gasteiger partial charge in [0.2, 0.25) is 11.8 Å². The number of carboxylic acid groups (broad SMARTS) is 1. The number of hydrogen-bond acceptors (Lipinski definition) is 5. The van der Waals surface area contributed by atoms with Gasteiger partial charge in [-0.25, -0.2) is 8.78 Å². The van der Waals surface area contributed by atoms with Crippen LogP contribution < -0.4 is 14.8 Å². The summed E-state index contributed by atoms with van der Waals surface area (Å²) in [5.41, 5.74) is 1.96. The zero-order valence-electron chi connectivity index (χ0n) is 20.4. The third-order valence-corrected chi connectivity index (χ3v) is 6.45. The Morgan fingerprint density at radius 2 is 1.45 bits per heavy atom. The molecule has 0 bridgehead atoms. The van der Waals surface area contributed by atoms with Gasteiger partial charge in [-0.1, -0.05) is 60.7 Å². The molecule has 0 saturated heterocycles. The van der Waals surface area contributed by atoms with Gasteiger partial charge in [-0.3, -0.25) is 4.79 Å². The lowest BCUT2D eigenvalue weighted by molar-refractivity contribution is -0.144. The minimum atomic E-state index is -0.859. The predicted molar refractivity (Wildman–Crippen MR) is 139 cm³/mol. The maximum Gasteiger partial charge on any atom is 0.306 e. The summed E-state index contributed by atoms with van der Waals surface area (Å²) in [5.74, 6) is -2.56. The van der Waals surface area contributed by atoms with Gasteiger partial charge in [-0.2, -0.15) is 4.98 Å². The molecule has 0 spiro atoms. The lowest BCUT2D eigenvalue weighted by atomic mass is 9.80. The Bertz CT molecular complexity index is 1390. The molecule has 0 atom stereocenters. The summed E-state index contributed by atoms with van der Waals surface area (Å²) in [5, 5.41) is 12.1. The molecule has 1 saturated carbocycles. The standard InChI is InChI=1S/C30H26F2N2O4/c31-25-15-23(33-22-13-21(14-22)30(35)36)16-26(32)28(25)24-11-12-27(37-17-19-7-3-1-4-8-19)34-29(24)38-18-20-9-5-2-6-10-20/h1-12,15-16,21-22,33H,13-14,17-18H2,(H,35,36). The van der Waals surface area contributed by atoms with E-state index < -0.39 is 23.5 Å². The van der Waals surface area contributed by atoms with Gasteiger partial charge in [0.1, 0.15) is 24.8 Å². The smallest absolute Gasteiger partial charge is 0.306 e. The number of carboxylic acids is 1. The van der Waals surface area contributed by atoms with Crippen LogP contribution in [-0.2, 0) is 18.0 Å². The van der Waals surface area contributed by atoms with Crippen LogP contribution in [0, 0.1) is 17.6 Å². The summed E-state index contributed by atoms with van der Waals surface area (Å²) < 4.78 is 42.3. The van der Waals surface area contributed by atoms with E-state index in [2.05, 4.69) is 10.3 Å². The van der Waals surface area contributed by atoms with Crippen molar-refractivity contribution >= 4 is 11.7 Å². The molecule has 0 amide bonds. The van der Waals surface area contributed by atoms with Gasteiger partial charge in [0, 0.05) is 17.8 Å². The van der Waals surface area contributed by atoms with Crippen molar-refractivity contribution in [3.05, 3.63) is 108 Å². The molecule has 0 unspecified atom stereocenters. The van der Waals surface area contributed by atoms with Crippen LogP contribution in [-0.4, -0.2) is 22.1 Å². The second kappa shape index (κ2) is 11.3. The van der Waals surface area contributed by atoms with E-state index in [9.17, 15) is 4.79 Å². The van der Waals surface area contributed by atoms with Crippen LogP contribution in [0.15, 0.2) is 84.9 Å². The van der Waals surface area contributed by atoms with E-state index in [0.29, 0.717) is 12.8 Å². The van der Waals surface area contributed by atoms with Crippen LogP contribution in [0.3, 0.4) is 0 Å². The van der Waals surface area contributed by atoms with Crippen molar-refractivity contribution < 1.29 is 28.2 Å². The Morgan fingerprint density at radius 1 is 0.868 bits per heavy atom. The lowest BCUT2D eigenvalue weighted by Crippen LogP contribution is -2.39. The molecule has 8 heteroatoms. The third kappa shape index (κ3) is 5.91. The average molecular weight is 517 g/mol. The van der Waals surface area contributed by atoms with E-state index in [1.807, 2.05) is 60.7 Å². The first-order valence-corrected chi connectivity index (χ1v) is 12.3. The molecule has 2 N–H and O–H groups in total. The Morgan fingerprint density at radius 3 is 2.03 bits per heavy atom. The molecule has 0 aliphatic heterocycles. The molecule has 6 nitrogen and oxygen atoms in total. The molecule has 1 aliphatic rings. The number of ether oxygens (including phenoxy) is 2. The van der Waals surface area contributed by atoms with Crippen molar-refractivity contribution in [1.29, 1.82) is 0 Å². The third-order valence-electron chi connectivity index (χ3n) is 6.45. The molecule has 1 heterocycles. The van der Waals surface area contributed by atoms with Gasteiger partial charge in [0.05, 0.1) is 17.0 Å². The molecule has 1 aromatic heterocycles. The largest absolute Gasteiger partial charge is 0.481 e. The topological polar surface area (TPSA) is 80.7 Å². The Hall–Kier alpha value is -4.46. The number of rotatable bonds is 10. The first-order valence-electron chi connectivity index (χ1n) is 12.3. The number of nitrogens with one attached hydrogen (secondary N) is 1. The summed E-state index contributed by atoms with van der Waals surface area (Å²) in [7, 11) is 0. The van der Waals surface area contributed by atoms with E-state index in [4.69, 9.17) is 14.6 Å². The fourth-order valence-electron chi connectivity index (χ4n) is 4.35. The average Bonchev–Trinajstić information content (AvgIpc) is 2.89. The molecular weight excluding hydrogens is 490 g/mol. The minimum Gasteiger partial charge on any atom is -0.481 e. The first kappa shape index (κ1) is 25.2. The van der Waals surface area contributed by atoms with E-state index in [1.54, 1.807) is 6.07 Å². The van der Waals surface area contributed by atoms with Crippen LogP contribution in [0.1, 0.15) is 24.0 Å². The van der Waals surface area contributed by atoms with Gasteiger partial charge in [-0.15, -0.1) is 0 Å². The maximum atomic E-state index is 15.3. The number of halogens is 2. The SMILES string of the molecule is O=C(O)C1CC(Nc2cc(F)c(-c3ccc(OCc4ccccc4)nc3OCc3ccccc3)c(F)c2)C1. The summed E-state index contributed by atoms with van der Waals surface area (Å²) in [4.78, 5) is 15.5. The number of pyridine rings is 1. The molecule has 38 heavy (non-hydrogen) atoms. The fraction of sp³-hybridized carbons (Fsp3) is 0.200. The maximum absolute atomic E-state index is 15.3. The van der Waals surface area contributed by atoms with Gasteiger partial charge in [-0.05, 0) is 42.2 Å². The van der Waals surface area contributed by atoms with Gasteiger partial charge in [0.25, 0.3) is 0 Å². The number of anilines is 1. The van der Waals surface area contributed by atoms with Crippen molar-refractivity contribution in [2.45, 2.75) is 32.1 Å². The quantitative estimate of drug-likeness (QED) is 0.252. The highest BCUT2D eigenvalue weighted by Crippen LogP contribution is 2.37. The van der Waals surface area contributed by atoms with E-state index in [-0.39, 0.29) is 47.8 Å². The van der Waals surface area contributed by atoms with Crippen LogP contribution in [0.25, 0.3) is 11.1 Å². The van der Waals surface area contributed by atoms with Gasteiger partial charge in [0.15, 0.2) is 0 Å². The Labute approximate surface area is 218 Å². The zero-order chi connectivity index (χ0) is 26.5. The summed E-state index contributed by atoms with van der Waals surface area (Å²) in [6.45, 7) is 0.427. The lowest BCUT2D eigenvalue weighted by Gasteiger charge is -2.33. The number of benzene rings is 3. The number of aliphatic carboxylic acids is 1. The highest BCUT2D eigenvalue weighted by Gasteiger charge is 2.34. The molecular formula is C30H26F2N2O4. The zero-order valence-corrected chi connectivity index (χ0v) is 20.4. The van der Waals surface area contributed by atoms with E-state index in [0.717, 1.165) is 11.1 Å². The highest BCUT2D eigenvalue weighted by atomic mass is 19.1. The van der Waals surface area contributed by atoms with Crippen LogP contribution in [0.4, 0.5) is 14.5 Å². The molecule has 1 fully saturated rings. The van der Waals surface area contributed by atoms with Crippen LogP contribution >= 0.6 is 0 Å². The number of aromatic nitrogens is 1. The molecule has 194 valence electrons. The first-order chi connectivity index (χ1) is 18.5. The molecule has 0 radical (unpaired) electrons. The van der Waals surface area contributed by atoms with Crippen molar-refractivity contribution in [2.75, 3.05) is 5.32 Å². The van der Waals surface area contributed by atoms with Crippen LogP contribution in [0.5, 0.6) is 11.8 Å². The number of nitrogens with zero attached hydrogens (tertiary/aromatic N) is 1. The van der Waals surface area contributed by atoms with E-state index >= 15 is 8.78 Å². The summed E-state index contributed by atoms with van der Waals surface area (Å²) in [6.07, 6.45) is 0.818. The molecule has 5 rings (SSSR count). The fourth-order valence-corrected chi connectivity index (χ4v) is 4.35. The predicted octanol–water partition coefficient (Wildman–Crippen LogP) is 6.46. The monoisotopic (exact) mass is 516 g/mol. The van der Waals surface area contributed by atoms with Crippen molar-refractivity contribution in [3.63, 3.8) is 0 Å². The van der Waals surface area contributed by atoms with Crippen molar-refractivity contribution in [3.8, 4) is 22.9 Å². The van der Waals surface area contributed by atoms with Gasteiger partial charge >= 0.3 is 5.97 Å². The summed E-state index contributed by atoms with van der Waals surface area (Å²) in [6, 6.07) is 24.3. The minimum absolute atomic E-state index is 0.0428. The second-order valence-corrected chi connectivity index (χ2v) is 9.21. The Kier molecular flexibility index (Phi) is 7.49. The number of hydrogen-bond donors (Lipinski definition) is 2. The normalized spacial score (nSPS) is 16.4. The molecule has 1 aliphatic carbocycles. The van der Waals surface area contributed by atoms with Crippen molar-refractivity contribution in [1.82, 2.24) is 4.98 Å². The number of carbonyl (C=O) groups is 1. The van der Waals surface area contributed by atoms with Crippen molar-refractivity contribution in [2.24, 2.45) is 5.92 Å². The summed E-state index contributed by atoms with van der Waals surface area (Å²) >= 11 is 0. The second-order valence-electron chi connectivity index (χ2n) is 9.21.